The fourth-order valence-corrected chi connectivity index (χ4v) is 1.66. The molecule has 2 heterocycles. The molecule has 0 aromatic carbocycles. The number of aromatic nitrogens is 3. The zero-order chi connectivity index (χ0) is 14.4. The maximum atomic E-state index is 5.74. The summed E-state index contributed by atoms with van der Waals surface area (Å²) >= 11 is 0. The lowest BCUT2D eigenvalue weighted by molar-refractivity contribution is 0.457. The molecule has 0 fully saturated rings. The molecule has 0 saturated carbocycles. The number of nitrogens with one attached hydrogen (secondary N) is 1. The molecule has 0 unspecified atom stereocenters. The maximum Gasteiger partial charge on any atom is 0.224 e. The van der Waals surface area contributed by atoms with Gasteiger partial charge in [0.2, 0.25) is 5.88 Å². The van der Waals surface area contributed by atoms with Crippen molar-refractivity contribution in [3.63, 3.8) is 0 Å². The minimum absolute atomic E-state index is 0.543. The molecule has 0 spiro atoms. The van der Waals surface area contributed by atoms with E-state index in [0.717, 1.165) is 36.7 Å². The van der Waals surface area contributed by atoms with Gasteiger partial charge in [0.15, 0.2) is 0 Å². The summed E-state index contributed by atoms with van der Waals surface area (Å²) in [5, 5.41) is 3.26. The molecule has 1 N–H and O–H groups in total. The second-order valence-corrected chi connectivity index (χ2v) is 4.53. The van der Waals surface area contributed by atoms with Crippen LogP contribution in [0.25, 0.3) is 0 Å². The minimum Gasteiger partial charge on any atom is -0.437 e. The van der Waals surface area contributed by atoms with E-state index in [9.17, 15) is 0 Å². The van der Waals surface area contributed by atoms with Crippen LogP contribution in [0.5, 0.6) is 11.6 Å². The Balaban J connectivity index is 2.19. The lowest BCUT2D eigenvalue weighted by atomic mass is 10.4. The molecule has 0 saturated heterocycles. The number of rotatable bonds is 6. The lowest BCUT2D eigenvalue weighted by Gasteiger charge is -2.09. The van der Waals surface area contributed by atoms with Crippen molar-refractivity contribution in [2.24, 2.45) is 0 Å². The molecular weight excluding hydrogens is 252 g/mol. The van der Waals surface area contributed by atoms with Gasteiger partial charge in [-0.25, -0.2) is 4.98 Å². The summed E-state index contributed by atoms with van der Waals surface area (Å²) in [5.74, 6) is 2.79. The Morgan fingerprint density at radius 1 is 1.20 bits per heavy atom. The number of pyridine rings is 1. The summed E-state index contributed by atoms with van der Waals surface area (Å²) in [6.07, 6.45) is 3.51. The van der Waals surface area contributed by atoms with E-state index < -0.39 is 0 Å². The van der Waals surface area contributed by atoms with Crippen molar-refractivity contribution in [3.05, 3.63) is 35.9 Å². The summed E-state index contributed by atoms with van der Waals surface area (Å²) in [7, 11) is 0. The van der Waals surface area contributed by atoms with Crippen LogP contribution in [0.2, 0.25) is 0 Å². The SMILES string of the molecule is CCCNc1cc(Oc2ccc(C)nc2)nc(CC)n1. The van der Waals surface area contributed by atoms with E-state index in [1.165, 1.54) is 0 Å². The first kappa shape index (κ1) is 14.2. The van der Waals surface area contributed by atoms with Gasteiger partial charge in [0, 0.05) is 24.7 Å². The smallest absolute Gasteiger partial charge is 0.224 e. The molecule has 0 bridgehead atoms. The van der Waals surface area contributed by atoms with E-state index in [4.69, 9.17) is 4.74 Å². The van der Waals surface area contributed by atoms with Crippen molar-refractivity contribution < 1.29 is 4.74 Å². The summed E-state index contributed by atoms with van der Waals surface area (Å²) < 4.78 is 5.74. The van der Waals surface area contributed by atoms with Crippen molar-refractivity contribution in [2.45, 2.75) is 33.6 Å². The first-order valence-corrected chi connectivity index (χ1v) is 6.93. The zero-order valence-electron chi connectivity index (χ0n) is 12.2. The summed E-state index contributed by atoms with van der Waals surface area (Å²) in [5.41, 5.74) is 0.958. The van der Waals surface area contributed by atoms with Crippen molar-refractivity contribution in [1.29, 1.82) is 0 Å². The van der Waals surface area contributed by atoms with Gasteiger partial charge in [-0.15, -0.1) is 0 Å². The average Bonchev–Trinajstić information content (AvgIpc) is 2.47. The average molecular weight is 272 g/mol. The van der Waals surface area contributed by atoms with Gasteiger partial charge in [-0.3, -0.25) is 4.98 Å². The molecular formula is C15H20N4O. The molecule has 2 rings (SSSR count). The molecule has 2 aromatic heterocycles. The van der Waals surface area contributed by atoms with Crippen LogP contribution < -0.4 is 10.1 Å². The van der Waals surface area contributed by atoms with Crippen LogP contribution in [0, 0.1) is 6.92 Å². The maximum absolute atomic E-state index is 5.74. The predicted octanol–water partition coefficient (Wildman–Crippen LogP) is 3.36. The third kappa shape index (κ3) is 3.91. The van der Waals surface area contributed by atoms with Gasteiger partial charge in [-0.2, -0.15) is 4.98 Å². The third-order valence-corrected chi connectivity index (χ3v) is 2.73. The highest BCUT2D eigenvalue weighted by atomic mass is 16.5. The van der Waals surface area contributed by atoms with E-state index in [2.05, 4.69) is 27.2 Å². The van der Waals surface area contributed by atoms with Crippen molar-refractivity contribution in [3.8, 4) is 11.6 Å². The Morgan fingerprint density at radius 2 is 2.05 bits per heavy atom. The molecule has 20 heavy (non-hydrogen) atoms. The number of aryl methyl sites for hydroxylation is 2. The Bertz CT molecular complexity index is 554. The molecule has 0 aliphatic rings. The van der Waals surface area contributed by atoms with Gasteiger partial charge in [-0.05, 0) is 25.5 Å². The quantitative estimate of drug-likeness (QED) is 0.873. The van der Waals surface area contributed by atoms with Gasteiger partial charge in [-0.1, -0.05) is 13.8 Å². The molecule has 5 nitrogen and oxygen atoms in total. The first-order chi connectivity index (χ1) is 9.71. The summed E-state index contributed by atoms with van der Waals surface area (Å²) in [6, 6.07) is 5.61. The molecule has 0 amide bonds. The fourth-order valence-electron chi connectivity index (χ4n) is 1.66. The van der Waals surface area contributed by atoms with Crippen LogP contribution in [0.3, 0.4) is 0 Å². The Hall–Kier alpha value is -2.17. The van der Waals surface area contributed by atoms with E-state index in [-0.39, 0.29) is 0 Å². The lowest BCUT2D eigenvalue weighted by Crippen LogP contribution is -2.05. The fraction of sp³-hybridized carbons (Fsp3) is 0.400. The molecule has 106 valence electrons. The van der Waals surface area contributed by atoms with Crippen molar-refractivity contribution in [1.82, 2.24) is 15.0 Å². The number of ether oxygens (including phenoxy) is 1. The normalized spacial score (nSPS) is 10.3. The zero-order valence-corrected chi connectivity index (χ0v) is 12.2. The van der Waals surface area contributed by atoms with E-state index in [1.54, 1.807) is 6.20 Å². The highest BCUT2D eigenvalue weighted by molar-refractivity contribution is 5.39. The topological polar surface area (TPSA) is 59.9 Å². The standard InChI is InChI=1S/C15H20N4O/c1-4-8-16-14-9-15(19-13(5-2)18-14)20-12-7-6-11(3)17-10-12/h6-7,9-10H,4-5,8H2,1-3H3,(H,16,18,19). The highest BCUT2D eigenvalue weighted by Gasteiger charge is 2.05. The largest absolute Gasteiger partial charge is 0.437 e. The molecule has 0 aliphatic carbocycles. The predicted molar refractivity (Wildman–Crippen MR) is 79.2 cm³/mol. The molecule has 0 radical (unpaired) electrons. The number of hydrogen-bond donors (Lipinski definition) is 1. The monoisotopic (exact) mass is 272 g/mol. The van der Waals surface area contributed by atoms with E-state index in [0.29, 0.717) is 11.6 Å². The first-order valence-electron chi connectivity index (χ1n) is 6.93. The second kappa shape index (κ2) is 6.84. The Morgan fingerprint density at radius 3 is 2.70 bits per heavy atom. The van der Waals surface area contributed by atoms with Gasteiger partial charge < -0.3 is 10.1 Å². The van der Waals surface area contributed by atoms with Gasteiger partial charge in [0.1, 0.15) is 17.4 Å². The highest BCUT2D eigenvalue weighted by Crippen LogP contribution is 2.21. The molecule has 2 aromatic rings. The van der Waals surface area contributed by atoms with Crippen molar-refractivity contribution >= 4 is 5.82 Å². The van der Waals surface area contributed by atoms with E-state index >= 15 is 0 Å². The third-order valence-electron chi connectivity index (χ3n) is 2.73. The van der Waals surface area contributed by atoms with Crippen molar-refractivity contribution in [2.75, 3.05) is 11.9 Å². The van der Waals surface area contributed by atoms with Gasteiger partial charge >= 0.3 is 0 Å². The van der Waals surface area contributed by atoms with Crippen LogP contribution in [-0.4, -0.2) is 21.5 Å². The summed E-state index contributed by atoms with van der Waals surface area (Å²) in [4.78, 5) is 13.0. The van der Waals surface area contributed by atoms with Crippen LogP contribution in [0.1, 0.15) is 31.8 Å². The van der Waals surface area contributed by atoms with Crippen LogP contribution in [0.15, 0.2) is 24.4 Å². The second-order valence-electron chi connectivity index (χ2n) is 4.53. The number of nitrogens with zero attached hydrogens (tertiary/aromatic N) is 3. The van der Waals surface area contributed by atoms with Gasteiger partial charge in [0.05, 0.1) is 6.20 Å². The van der Waals surface area contributed by atoms with Crippen LogP contribution >= 0.6 is 0 Å². The molecule has 5 heteroatoms. The summed E-state index contributed by atoms with van der Waals surface area (Å²) in [6.45, 7) is 6.96. The minimum atomic E-state index is 0.543. The van der Waals surface area contributed by atoms with E-state index in [1.807, 2.05) is 32.0 Å². The molecule has 0 atom stereocenters. The number of anilines is 1. The van der Waals surface area contributed by atoms with Crippen LogP contribution in [0.4, 0.5) is 5.82 Å². The Labute approximate surface area is 119 Å². The molecule has 0 aliphatic heterocycles. The van der Waals surface area contributed by atoms with Gasteiger partial charge in [0.25, 0.3) is 0 Å². The van der Waals surface area contributed by atoms with Crippen LogP contribution in [-0.2, 0) is 6.42 Å². The number of hydrogen-bond acceptors (Lipinski definition) is 5. The Kier molecular flexibility index (Phi) is 4.87.